The van der Waals surface area contributed by atoms with Crippen molar-refractivity contribution in [2.24, 2.45) is 0 Å². The summed E-state index contributed by atoms with van der Waals surface area (Å²) in [6, 6.07) is 11.5. The van der Waals surface area contributed by atoms with Gasteiger partial charge >= 0.3 is 0 Å². The smallest absolute Gasteiger partial charge is 0.264 e. The number of fused-ring (bicyclic) bond motifs is 1. The Bertz CT molecular complexity index is 1290. The largest absolute Gasteiger partial charge is 0.337 e. The molecule has 0 saturated heterocycles. The second-order valence-electron chi connectivity index (χ2n) is 6.78. The fourth-order valence-electron chi connectivity index (χ4n) is 2.85. The third-order valence-corrected chi connectivity index (χ3v) is 5.94. The van der Waals surface area contributed by atoms with Crippen molar-refractivity contribution in [3.8, 4) is 0 Å². The summed E-state index contributed by atoms with van der Waals surface area (Å²) in [5.41, 5.74) is 3.11. The van der Waals surface area contributed by atoms with E-state index >= 15 is 0 Å². The van der Waals surface area contributed by atoms with Crippen LogP contribution in [0.1, 0.15) is 17.0 Å². The first-order valence-electron chi connectivity index (χ1n) is 9.10. The van der Waals surface area contributed by atoms with Crippen LogP contribution in [0.3, 0.4) is 0 Å². The van der Waals surface area contributed by atoms with E-state index in [1.54, 1.807) is 20.0 Å². The topological polar surface area (TPSA) is 119 Å². The molecule has 4 rings (SSSR count). The zero-order chi connectivity index (χ0) is 21.3. The Kier molecular flexibility index (Phi) is 5.00. The van der Waals surface area contributed by atoms with Crippen LogP contribution in [0.15, 0.2) is 64.3 Å². The second-order valence-corrected chi connectivity index (χ2v) is 8.46. The maximum absolute atomic E-state index is 12.5. The van der Waals surface area contributed by atoms with Gasteiger partial charge in [-0.15, -0.1) is 0 Å². The SMILES string of the molecule is Cc1noc(NS(=O)(=O)c2ccc(NC(=O)Cc3cn4ccccc4n3)cc2)c1C. The van der Waals surface area contributed by atoms with Crippen LogP contribution in [-0.2, 0) is 21.2 Å². The van der Waals surface area contributed by atoms with Crippen molar-refractivity contribution in [1.29, 1.82) is 0 Å². The lowest BCUT2D eigenvalue weighted by Crippen LogP contribution is -2.15. The zero-order valence-corrected chi connectivity index (χ0v) is 17.1. The minimum absolute atomic E-state index is 0.0364. The first kappa shape index (κ1) is 19.6. The molecule has 9 nitrogen and oxygen atoms in total. The Morgan fingerprint density at radius 3 is 2.57 bits per heavy atom. The van der Waals surface area contributed by atoms with E-state index < -0.39 is 10.0 Å². The molecule has 0 aliphatic carbocycles. The molecule has 0 saturated carbocycles. The number of hydrogen-bond acceptors (Lipinski definition) is 6. The molecule has 0 radical (unpaired) electrons. The van der Waals surface area contributed by atoms with E-state index in [0.717, 1.165) is 5.65 Å². The van der Waals surface area contributed by atoms with Crippen molar-refractivity contribution in [2.45, 2.75) is 25.2 Å². The molecule has 0 aliphatic heterocycles. The van der Waals surface area contributed by atoms with Crippen LogP contribution in [0, 0.1) is 13.8 Å². The predicted octanol–water partition coefficient (Wildman–Crippen LogP) is 2.92. The summed E-state index contributed by atoms with van der Waals surface area (Å²) in [5, 5.41) is 6.48. The highest BCUT2D eigenvalue weighted by Gasteiger charge is 2.19. The maximum Gasteiger partial charge on any atom is 0.264 e. The lowest BCUT2D eigenvalue weighted by atomic mass is 10.3. The number of rotatable bonds is 6. The molecule has 0 unspecified atom stereocenters. The zero-order valence-electron chi connectivity index (χ0n) is 16.3. The monoisotopic (exact) mass is 425 g/mol. The van der Waals surface area contributed by atoms with Crippen molar-refractivity contribution in [3.63, 3.8) is 0 Å². The van der Waals surface area contributed by atoms with Gasteiger partial charge in [0.05, 0.1) is 22.7 Å². The summed E-state index contributed by atoms with van der Waals surface area (Å²) < 4.78 is 34.3. The number of benzene rings is 1. The van der Waals surface area contributed by atoms with Gasteiger partial charge in [0.1, 0.15) is 5.65 Å². The van der Waals surface area contributed by atoms with Crippen molar-refractivity contribution in [3.05, 3.63) is 71.8 Å². The molecule has 0 bridgehead atoms. The van der Waals surface area contributed by atoms with Crippen LogP contribution in [0.5, 0.6) is 0 Å². The Morgan fingerprint density at radius 1 is 1.13 bits per heavy atom. The number of anilines is 2. The molecular formula is C20H19N5O4S. The second kappa shape index (κ2) is 7.64. The standard InChI is InChI=1S/C20H19N5O4S/c1-13-14(2)23-29-20(13)24-30(27,28)17-8-6-15(7-9-17)22-19(26)11-16-12-25-10-4-3-5-18(25)21-16/h3-10,12,24H,11H2,1-2H3,(H,22,26). The Balaban J connectivity index is 1.42. The lowest BCUT2D eigenvalue weighted by Gasteiger charge is -2.08. The molecule has 3 heterocycles. The summed E-state index contributed by atoms with van der Waals surface area (Å²) in [4.78, 5) is 16.7. The summed E-state index contributed by atoms with van der Waals surface area (Å²) in [7, 11) is -3.84. The van der Waals surface area contributed by atoms with Gasteiger partial charge in [-0.2, -0.15) is 0 Å². The third-order valence-electron chi connectivity index (χ3n) is 4.59. The number of amides is 1. The van der Waals surface area contributed by atoms with E-state index in [1.807, 2.05) is 28.8 Å². The predicted molar refractivity (Wildman–Crippen MR) is 111 cm³/mol. The average molecular weight is 425 g/mol. The number of nitrogens with zero attached hydrogens (tertiary/aromatic N) is 3. The van der Waals surface area contributed by atoms with Crippen LogP contribution >= 0.6 is 0 Å². The van der Waals surface area contributed by atoms with Crippen molar-refractivity contribution in [1.82, 2.24) is 14.5 Å². The first-order valence-corrected chi connectivity index (χ1v) is 10.6. The van der Waals surface area contributed by atoms with Gasteiger partial charge in [0.25, 0.3) is 10.0 Å². The van der Waals surface area contributed by atoms with Crippen molar-refractivity contribution >= 4 is 33.1 Å². The highest BCUT2D eigenvalue weighted by molar-refractivity contribution is 7.92. The number of nitrogens with one attached hydrogen (secondary N) is 2. The molecule has 0 aliphatic rings. The van der Waals surface area contributed by atoms with Crippen LogP contribution in [-0.4, -0.2) is 28.9 Å². The molecule has 1 amide bonds. The van der Waals surface area contributed by atoms with Gasteiger partial charge in [-0.3, -0.25) is 4.79 Å². The molecule has 10 heteroatoms. The quantitative estimate of drug-likeness (QED) is 0.490. The van der Waals surface area contributed by atoms with E-state index in [9.17, 15) is 13.2 Å². The maximum atomic E-state index is 12.5. The van der Waals surface area contributed by atoms with Crippen molar-refractivity contribution in [2.75, 3.05) is 10.0 Å². The number of imidazole rings is 1. The summed E-state index contributed by atoms with van der Waals surface area (Å²) >= 11 is 0. The molecule has 0 fully saturated rings. The van der Waals surface area contributed by atoms with E-state index in [1.165, 1.54) is 24.3 Å². The number of carbonyl (C=O) groups is 1. The fraction of sp³-hybridized carbons (Fsp3) is 0.150. The number of aromatic nitrogens is 3. The van der Waals surface area contributed by atoms with Gasteiger partial charge in [0.15, 0.2) is 0 Å². The summed E-state index contributed by atoms with van der Waals surface area (Å²) in [5.74, 6) is -0.169. The van der Waals surface area contributed by atoms with Gasteiger partial charge < -0.3 is 14.2 Å². The number of carbonyl (C=O) groups excluding carboxylic acids is 1. The van der Waals surface area contributed by atoms with Crippen LogP contribution in [0.25, 0.3) is 5.65 Å². The number of hydrogen-bond donors (Lipinski definition) is 2. The van der Waals surface area contributed by atoms with Gasteiger partial charge in [-0.1, -0.05) is 11.2 Å². The van der Waals surface area contributed by atoms with Gasteiger partial charge in [0.2, 0.25) is 11.8 Å². The van der Waals surface area contributed by atoms with Crippen molar-refractivity contribution < 1.29 is 17.7 Å². The molecule has 0 spiro atoms. The van der Waals surface area contributed by atoms with E-state index in [-0.39, 0.29) is 23.1 Å². The Labute approximate surface area is 172 Å². The van der Waals surface area contributed by atoms with E-state index in [2.05, 4.69) is 20.2 Å². The third kappa shape index (κ3) is 4.03. The number of pyridine rings is 1. The minimum atomic E-state index is -3.84. The van der Waals surface area contributed by atoms with E-state index in [4.69, 9.17) is 4.52 Å². The molecular weight excluding hydrogens is 406 g/mol. The number of aryl methyl sites for hydroxylation is 1. The minimum Gasteiger partial charge on any atom is -0.337 e. The molecule has 0 atom stereocenters. The average Bonchev–Trinajstić information content (AvgIpc) is 3.25. The molecule has 2 N–H and O–H groups in total. The van der Waals surface area contributed by atoms with Gasteiger partial charge in [-0.25, -0.2) is 18.1 Å². The molecule has 1 aromatic carbocycles. The van der Waals surface area contributed by atoms with E-state index in [0.29, 0.717) is 22.6 Å². The van der Waals surface area contributed by atoms with Gasteiger partial charge in [-0.05, 0) is 50.2 Å². The molecule has 30 heavy (non-hydrogen) atoms. The normalized spacial score (nSPS) is 11.5. The summed E-state index contributed by atoms with van der Waals surface area (Å²) in [6.07, 6.45) is 3.76. The molecule has 154 valence electrons. The molecule has 3 aromatic heterocycles. The Morgan fingerprint density at radius 2 is 1.90 bits per heavy atom. The van der Waals surface area contributed by atoms with Gasteiger partial charge in [0, 0.05) is 23.6 Å². The van der Waals surface area contributed by atoms with Crippen LogP contribution in [0.2, 0.25) is 0 Å². The first-order chi connectivity index (χ1) is 14.3. The highest BCUT2D eigenvalue weighted by Crippen LogP contribution is 2.22. The number of sulfonamides is 1. The Hall–Kier alpha value is -3.66. The van der Waals surface area contributed by atoms with Crippen LogP contribution < -0.4 is 10.0 Å². The fourth-order valence-corrected chi connectivity index (χ4v) is 3.90. The molecule has 4 aromatic rings. The summed E-state index contributed by atoms with van der Waals surface area (Å²) in [6.45, 7) is 3.44. The van der Waals surface area contributed by atoms with Crippen LogP contribution in [0.4, 0.5) is 11.6 Å². The highest BCUT2D eigenvalue weighted by atomic mass is 32.2. The lowest BCUT2D eigenvalue weighted by molar-refractivity contribution is -0.115.